The maximum absolute atomic E-state index is 12.5. The summed E-state index contributed by atoms with van der Waals surface area (Å²) in [6, 6.07) is 0. The lowest BCUT2D eigenvalue weighted by Crippen LogP contribution is -2.38. The number of imidazole rings is 1. The van der Waals surface area contributed by atoms with Gasteiger partial charge >= 0.3 is 5.69 Å². The van der Waals surface area contributed by atoms with Crippen LogP contribution < -0.4 is 17.0 Å². The summed E-state index contributed by atoms with van der Waals surface area (Å²) in [7, 11) is 1.53. The first-order valence-electron chi connectivity index (χ1n) is 7.95. The van der Waals surface area contributed by atoms with Crippen molar-refractivity contribution in [2.75, 3.05) is 6.54 Å². The van der Waals surface area contributed by atoms with E-state index in [0.717, 1.165) is 25.1 Å². The van der Waals surface area contributed by atoms with Gasteiger partial charge in [0.15, 0.2) is 11.2 Å². The Balaban J connectivity index is 2.78. The Bertz CT molecular complexity index is 769. The molecule has 0 bridgehead atoms. The van der Waals surface area contributed by atoms with Gasteiger partial charge in [-0.3, -0.25) is 13.9 Å². The van der Waals surface area contributed by atoms with Crippen molar-refractivity contribution in [3.63, 3.8) is 0 Å². The van der Waals surface area contributed by atoms with Crippen LogP contribution in [0.2, 0.25) is 0 Å². The topological polar surface area (TPSA) is 87.8 Å². The number of unbranched alkanes of at least 4 members (excludes halogenated alkanes) is 1. The predicted molar refractivity (Wildman–Crippen MR) is 87.2 cm³/mol. The van der Waals surface area contributed by atoms with E-state index in [9.17, 15) is 9.59 Å². The Morgan fingerprint density at radius 3 is 2.36 bits per heavy atom. The van der Waals surface area contributed by atoms with E-state index in [2.05, 4.69) is 11.9 Å². The molecule has 2 N–H and O–H groups in total. The average molecular weight is 307 g/mol. The van der Waals surface area contributed by atoms with Crippen LogP contribution in [0.5, 0.6) is 0 Å². The average Bonchev–Trinajstić information content (AvgIpc) is 2.89. The Morgan fingerprint density at radius 2 is 1.77 bits per heavy atom. The van der Waals surface area contributed by atoms with Crippen molar-refractivity contribution < 1.29 is 0 Å². The summed E-state index contributed by atoms with van der Waals surface area (Å²) in [5.41, 5.74) is 6.05. The molecule has 0 saturated heterocycles. The van der Waals surface area contributed by atoms with Gasteiger partial charge in [0.25, 0.3) is 5.56 Å². The number of aromatic nitrogens is 4. The van der Waals surface area contributed by atoms with Crippen molar-refractivity contribution in [1.82, 2.24) is 18.7 Å². The van der Waals surface area contributed by atoms with E-state index in [4.69, 9.17) is 5.73 Å². The highest BCUT2D eigenvalue weighted by molar-refractivity contribution is 5.71. The summed E-state index contributed by atoms with van der Waals surface area (Å²) in [4.78, 5) is 29.5. The normalized spacial score (nSPS) is 11.5. The van der Waals surface area contributed by atoms with Gasteiger partial charge in [-0.15, -0.1) is 0 Å². The minimum Gasteiger partial charge on any atom is -0.330 e. The molecule has 0 spiro atoms. The molecular formula is C15H25N5O2. The van der Waals surface area contributed by atoms with E-state index in [-0.39, 0.29) is 11.2 Å². The molecule has 2 rings (SSSR count). The number of fused-ring (bicyclic) bond motifs is 1. The van der Waals surface area contributed by atoms with Crippen LogP contribution in [0.25, 0.3) is 11.2 Å². The largest absolute Gasteiger partial charge is 0.332 e. The first kappa shape index (κ1) is 16.5. The zero-order chi connectivity index (χ0) is 16.3. The zero-order valence-corrected chi connectivity index (χ0v) is 13.6. The SMILES string of the molecule is CCCCn1c(=O)n(C)c(=O)c2c1nc(CC)n2CCCN. The summed E-state index contributed by atoms with van der Waals surface area (Å²) < 4.78 is 4.73. The van der Waals surface area contributed by atoms with E-state index in [0.29, 0.717) is 37.2 Å². The fourth-order valence-electron chi connectivity index (χ4n) is 2.68. The number of hydrogen-bond donors (Lipinski definition) is 1. The molecule has 7 nitrogen and oxygen atoms in total. The third-order valence-corrected chi connectivity index (χ3v) is 3.95. The van der Waals surface area contributed by atoms with E-state index in [1.54, 1.807) is 4.57 Å². The van der Waals surface area contributed by atoms with Gasteiger partial charge in [0, 0.05) is 26.6 Å². The molecule has 0 fully saturated rings. The lowest BCUT2D eigenvalue weighted by Gasteiger charge is -2.10. The molecule has 0 unspecified atom stereocenters. The van der Waals surface area contributed by atoms with Gasteiger partial charge in [-0.05, 0) is 19.4 Å². The maximum Gasteiger partial charge on any atom is 0.332 e. The fraction of sp³-hybridized carbons (Fsp3) is 0.667. The third kappa shape index (κ3) is 2.72. The molecular weight excluding hydrogens is 282 g/mol. The van der Waals surface area contributed by atoms with Gasteiger partial charge in [0.05, 0.1) is 0 Å². The summed E-state index contributed by atoms with van der Waals surface area (Å²) in [5.74, 6) is 0.830. The molecule has 7 heteroatoms. The second-order valence-electron chi connectivity index (χ2n) is 5.50. The Hall–Kier alpha value is -1.89. The quantitative estimate of drug-likeness (QED) is 0.811. The van der Waals surface area contributed by atoms with Crippen LogP contribution >= 0.6 is 0 Å². The van der Waals surface area contributed by atoms with Crippen molar-refractivity contribution in [3.05, 3.63) is 26.7 Å². The molecule has 2 aromatic heterocycles. The standard InChI is InChI=1S/C15H25N5O2/c1-4-6-9-20-13-12(14(21)18(3)15(20)22)19(10-7-8-16)11(5-2)17-13/h4-10,16H2,1-3H3. The van der Waals surface area contributed by atoms with Gasteiger partial charge in [-0.25, -0.2) is 9.78 Å². The van der Waals surface area contributed by atoms with Crippen LogP contribution in [0.1, 0.15) is 38.9 Å². The second kappa shape index (κ2) is 6.91. The number of aryl methyl sites for hydroxylation is 3. The molecule has 0 aromatic carbocycles. The molecule has 0 atom stereocenters. The second-order valence-corrected chi connectivity index (χ2v) is 5.50. The number of nitrogens with two attached hydrogens (primary N) is 1. The van der Waals surface area contributed by atoms with Crippen molar-refractivity contribution in [2.45, 2.75) is 52.6 Å². The van der Waals surface area contributed by atoms with Crippen LogP contribution in [0.15, 0.2) is 9.59 Å². The number of rotatable bonds is 7. The minimum atomic E-state index is -0.294. The van der Waals surface area contributed by atoms with Gasteiger partial charge in [-0.2, -0.15) is 0 Å². The van der Waals surface area contributed by atoms with Crippen LogP contribution in [0, 0.1) is 0 Å². The highest BCUT2D eigenvalue weighted by Gasteiger charge is 2.19. The first-order valence-corrected chi connectivity index (χ1v) is 7.95. The van der Waals surface area contributed by atoms with E-state index in [1.807, 2.05) is 11.5 Å². The van der Waals surface area contributed by atoms with Gasteiger partial charge in [0.2, 0.25) is 0 Å². The lowest BCUT2D eigenvalue weighted by atomic mass is 10.3. The molecule has 122 valence electrons. The number of nitrogens with zero attached hydrogens (tertiary/aromatic N) is 4. The smallest absolute Gasteiger partial charge is 0.330 e. The predicted octanol–water partition coefficient (Wildman–Crippen LogP) is 0.608. The minimum absolute atomic E-state index is 0.281. The summed E-state index contributed by atoms with van der Waals surface area (Å²) in [6.45, 7) is 5.85. The van der Waals surface area contributed by atoms with Crippen LogP contribution in [-0.2, 0) is 26.6 Å². The molecule has 0 saturated carbocycles. The Morgan fingerprint density at radius 1 is 1.09 bits per heavy atom. The van der Waals surface area contributed by atoms with E-state index >= 15 is 0 Å². The van der Waals surface area contributed by atoms with Crippen LogP contribution in [-0.4, -0.2) is 25.2 Å². The van der Waals surface area contributed by atoms with Gasteiger partial charge in [-0.1, -0.05) is 20.3 Å². The Labute approximate surface area is 129 Å². The Kier molecular flexibility index (Phi) is 5.18. The summed E-state index contributed by atoms with van der Waals surface area (Å²) in [6.07, 6.45) is 3.34. The highest BCUT2D eigenvalue weighted by atomic mass is 16.2. The van der Waals surface area contributed by atoms with Crippen molar-refractivity contribution in [1.29, 1.82) is 0 Å². The number of hydrogen-bond acceptors (Lipinski definition) is 4. The fourth-order valence-corrected chi connectivity index (χ4v) is 2.68. The molecule has 0 radical (unpaired) electrons. The third-order valence-electron chi connectivity index (χ3n) is 3.95. The molecule has 0 aliphatic heterocycles. The first-order chi connectivity index (χ1) is 10.6. The van der Waals surface area contributed by atoms with Crippen molar-refractivity contribution >= 4 is 11.2 Å². The molecule has 0 aliphatic carbocycles. The van der Waals surface area contributed by atoms with Gasteiger partial charge in [0.1, 0.15) is 5.82 Å². The molecule has 2 heterocycles. The van der Waals surface area contributed by atoms with Crippen molar-refractivity contribution in [2.24, 2.45) is 12.8 Å². The van der Waals surface area contributed by atoms with Gasteiger partial charge < -0.3 is 10.3 Å². The molecule has 22 heavy (non-hydrogen) atoms. The van der Waals surface area contributed by atoms with Crippen LogP contribution in [0.3, 0.4) is 0 Å². The molecule has 2 aromatic rings. The molecule has 0 amide bonds. The molecule has 0 aliphatic rings. The van der Waals surface area contributed by atoms with E-state index < -0.39 is 0 Å². The lowest BCUT2D eigenvalue weighted by molar-refractivity contribution is 0.582. The highest BCUT2D eigenvalue weighted by Crippen LogP contribution is 2.13. The van der Waals surface area contributed by atoms with E-state index in [1.165, 1.54) is 11.6 Å². The summed E-state index contributed by atoms with van der Waals surface area (Å²) in [5, 5.41) is 0. The van der Waals surface area contributed by atoms with Crippen LogP contribution in [0.4, 0.5) is 0 Å². The van der Waals surface area contributed by atoms with Crippen molar-refractivity contribution in [3.8, 4) is 0 Å². The zero-order valence-electron chi connectivity index (χ0n) is 13.6. The monoisotopic (exact) mass is 307 g/mol. The summed E-state index contributed by atoms with van der Waals surface area (Å²) >= 11 is 0. The maximum atomic E-state index is 12.5.